The lowest BCUT2D eigenvalue weighted by Crippen LogP contribution is -2.11. The van der Waals surface area contributed by atoms with Crippen LogP contribution in [0.25, 0.3) is 0 Å². The summed E-state index contributed by atoms with van der Waals surface area (Å²) >= 11 is 0. The fourth-order valence-electron chi connectivity index (χ4n) is 2.11. The highest BCUT2D eigenvalue weighted by atomic mass is 16.5. The lowest BCUT2D eigenvalue weighted by molar-refractivity contribution is 0.102. The van der Waals surface area contributed by atoms with E-state index in [4.69, 9.17) is 4.74 Å². The van der Waals surface area contributed by atoms with Crippen LogP contribution >= 0.6 is 0 Å². The molecular weight excluding hydrogens is 262 g/mol. The third-order valence-electron chi connectivity index (χ3n) is 3.57. The fourth-order valence-corrected chi connectivity index (χ4v) is 2.11. The van der Waals surface area contributed by atoms with Crippen molar-refractivity contribution in [3.8, 4) is 0 Å². The van der Waals surface area contributed by atoms with Gasteiger partial charge in [-0.2, -0.15) is 0 Å². The van der Waals surface area contributed by atoms with E-state index in [9.17, 15) is 4.79 Å². The highest BCUT2D eigenvalue weighted by molar-refractivity contribution is 6.04. The SMILES string of the molecule is O=C(Nc1ccc(COCC2CC2)cc1)c1ccccc1. The molecule has 0 saturated heterocycles. The van der Waals surface area contributed by atoms with Gasteiger partial charge >= 0.3 is 0 Å². The van der Waals surface area contributed by atoms with Crippen molar-refractivity contribution in [3.05, 3.63) is 65.7 Å². The summed E-state index contributed by atoms with van der Waals surface area (Å²) in [5.41, 5.74) is 2.59. The molecule has 0 spiro atoms. The third-order valence-corrected chi connectivity index (χ3v) is 3.57. The van der Waals surface area contributed by atoms with Crippen molar-refractivity contribution in [2.75, 3.05) is 11.9 Å². The molecule has 0 heterocycles. The Kier molecular flexibility index (Phi) is 4.31. The second kappa shape index (κ2) is 6.55. The van der Waals surface area contributed by atoms with Gasteiger partial charge in [-0.3, -0.25) is 4.79 Å². The van der Waals surface area contributed by atoms with Crippen molar-refractivity contribution in [2.24, 2.45) is 5.92 Å². The molecule has 1 N–H and O–H groups in total. The molecule has 108 valence electrons. The summed E-state index contributed by atoms with van der Waals surface area (Å²) in [6, 6.07) is 17.0. The number of hydrogen-bond acceptors (Lipinski definition) is 2. The summed E-state index contributed by atoms with van der Waals surface area (Å²) < 4.78 is 5.65. The standard InChI is InChI=1S/C18H19NO2/c20-18(16-4-2-1-3-5-16)19-17-10-8-15(9-11-17)13-21-12-14-6-7-14/h1-5,8-11,14H,6-7,12-13H2,(H,19,20). The average Bonchev–Trinajstić information content (AvgIpc) is 3.34. The molecule has 21 heavy (non-hydrogen) atoms. The van der Waals surface area contributed by atoms with Gasteiger partial charge < -0.3 is 10.1 Å². The first kappa shape index (κ1) is 13.8. The van der Waals surface area contributed by atoms with Gasteiger partial charge in [-0.15, -0.1) is 0 Å². The van der Waals surface area contributed by atoms with Gasteiger partial charge in [0.1, 0.15) is 0 Å². The molecule has 0 aromatic heterocycles. The van der Waals surface area contributed by atoms with Crippen LogP contribution in [0.1, 0.15) is 28.8 Å². The zero-order valence-corrected chi connectivity index (χ0v) is 11.9. The third kappa shape index (κ3) is 4.17. The lowest BCUT2D eigenvalue weighted by Gasteiger charge is -2.07. The van der Waals surface area contributed by atoms with Gasteiger partial charge in [0.2, 0.25) is 0 Å². The van der Waals surface area contributed by atoms with Crippen LogP contribution in [-0.4, -0.2) is 12.5 Å². The van der Waals surface area contributed by atoms with Crippen LogP contribution in [-0.2, 0) is 11.3 Å². The summed E-state index contributed by atoms with van der Waals surface area (Å²) in [6.45, 7) is 1.51. The first-order chi connectivity index (χ1) is 10.3. The zero-order valence-electron chi connectivity index (χ0n) is 11.9. The Labute approximate surface area is 124 Å². The summed E-state index contributed by atoms with van der Waals surface area (Å²) in [5, 5.41) is 2.89. The van der Waals surface area contributed by atoms with Crippen molar-refractivity contribution >= 4 is 11.6 Å². The van der Waals surface area contributed by atoms with Crippen molar-refractivity contribution in [1.29, 1.82) is 0 Å². The Morgan fingerprint density at radius 1 is 1.05 bits per heavy atom. The van der Waals surface area contributed by atoms with Crippen LogP contribution in [0, 0.1) is 5.92 Å². The van der Waals surface area contributed by atoms with Crippen molar-refractivity contribution in [1.82, 2.24) is 0 Å². The second-order valence-corrected chi connectivity index (χ2v) is 5.48. The molecule has 2 aromatic rings. The number of carbonyl (C=O) groups excluding carboxylic acids is 1. The summed E-state index contributed by atoms with van der Waals surface area (Å²) in [7, 11) is 0. The zero-order chi connectivity index (χ0) is 14.5. The molecule has 0 aliphatic heterocycles. The molecule has 1 amide bonds. The van der Waals surface area contributed by atoms with Gasteiger partial charge in [-0.1, -0.05) is 30.3 Å². The highest BCUT2D eigenvalue weighted by Crippen LogP contribution is 2.29. The van der Waals surface area contributed by atoms with Crippen molar-refractivity contribution in [2.45, 2.75) is 19.4 Å². The fraction of sp³-hybridized carbons (Fsp3) is 0.278. The molecule has 0 bridgehead atoms. The van der Waals surface area contributed by atoms with E-state index in [2.05, 4.69) is 5.32 Å². The monoisotopic (exact) mass is 281 g/mol. The minimum atomic E-state index is -0.0895. The topological polar surface area (TPSA) is 38.3 Å². The molecule has 1 aliphatic carbocycles. The molecule has 1 saturated carbocycles. The van der Waals surface area contributed by atoms with Crippen LogP contribution in [0.4, 0.5) is 5.69 Å². The van der Waals surface area contributed by atoms with Gasteiger partial charge in [0, 0.05) is 17.9 Å². The van der Waals surface area contributed by atoms with E-state index in [-0.39, 0.29) is 5.91 Å². The number of anilines is 1. The molecule has 0 radical (unpaired) electrons. The predicted molar refractivity (Wildman–Crippen MR) is 83.2 cm³/mol. The van der Waals surface area contributed by atoms with E-state index in [1.54, 1.807) is 12.1 Å². The maximum atomic E-state index is 12.0. The normalized spacial score (nSPS) is 13.9. The minimum absolute atomic E-state index is 0.0895. The van der Waals surface area contributed by atoms with Gasteiger partial charge in [-0.25, -0.2) is 0 Å². The molecular formula is C18H19NO2. The quantitative estimate of drug-likeness (QED) is 0.873. The van der Waals surface area contributed by atoms with Crippen LogP contribution in [0.15, 0.2) is 54.6 Å². The van der Waals surface area contributed by atoms with E-state index in [0.29, 0.717) is 12.2 Å². The summed E-state index contributed by atoms with van der Waals surface area (Å²) in [4.78, 5) is 12.0. The molecule has 3 nitrogen and oxygen atoms in total. The number of amides is 1. The number of nitrogens with one attached hydrogen (secondary N) is 1. The van der Waals surface area contributed by atoms with Crippen LogP contribution in [0.5, 0.6) is 0 Å². The maximum absolute atomic E-state index is 12.0. The Morgan fingerprint density at radius 3 is 2.43 bits per heavy atom. The van der Waals surface area contributed by atoms with E-state index in [1.807, 2.05) is 42.5 Å². The van der Waals surface area contributed by atoms with Crippen molar-refractivity contribution in [3.63, 3.8) is 0 Å². The highest BCUT2D eigenvalue weighted by Gasteiger charge is 2.20. The number of benzene rings is 2. The van der Waals surface area contributed by atoms with Gasteiger partial charge in [0.05, 0.1) is 6.61 Å². The Morgan fingerprint density at radius 2 is 1.76 bits per heavy atom. The summed E-state index contributed by atoms with van der Waals surface area (Å²) in [6.07, 6.45) is 2.62. The molecule has 1 aliphatic rings. The number of carbonyl (C=O) groups is 1. The molecule has 1 fully saturated rings. The molecule has 3 heteroatoms. The van der Waals surface area contributed by atoms with E-state index >= 15 is 0 Å². The molecule has 0 atom stereocenters. The van der Waals surface area contributed by atoms with Gasteiger partial charge in [-0.05, 0) is 48.6 Å². The largest absolute Gasteiger partial charge is 0.376 e. The van der Waals surface area contributed by atoms with Crippen LogP contribution in [0.3, 0.4) is 0 Å². The Bertz CT molecular complexity index is 588. The molecule has 2 aromatic carbocycles. The smallest absolute Gasteiger partial charge is 0.255 e. The number of hydrogen-bond donors (Lipinski definition) is 1. The first-order valence-corrected chi connectivity index (χ1v) is 7.34. The van der Waals surface area contributed by atoms with E-state index < -0.39 is 0 Å². The predicted octanol–water partition coefficient (Wildman–Crippen LogP) is 3.87. The summed E-state index contributed by atoms with van der Waals surface area (Å²) in [5.74, 6) is 0.697. The molecule has 0 unspecified atom stereocenters. The second-order valence-electron chi connectivity index (χ2n) is 5.48. The Hall–Kier alpha value is -2.13. The van der Waals surface area contributed by atoms with E-state index in [1.165, 1.54) is 12.8 Å². The average molecular weight is 281 g/mol. The lowest BCUT2D eigenvalue weighted by atomic mass is 10.2. The Balaban J connectivity index is 1.52. The number of ether oxygens (including phenoxy) is 1. The maximum Gasteiger partial charge on any atom is 0.255 e. The van der Waals surface area contributed by atoms with E-state index in [0.717, 1.165) is 23.8 Å². The van der Waals surface area contributed by atoms with Crippen LogP contribution in [0.2, 0.25) is 0 Å². The van der Waals surface area contributed by atoms with Gasteiger partial charge in [0.15, 0.2) is 0 Å². The number of rotatable bonds is 6. The first-order valence-electron chi connectivity index (χ1n) is 7.34. The van der Waals surface area contributed by atoms with Crippen LogP contribution < -0.4 is 5.32 Å². The van der Waals surface area contributed by atoms with Gasteiger partial charge in [0.25, 0.3) is 5.91 Å². The minimum Gasteiger partial charge on any atom is -0.376 e. The molecule has 3 rings (SSSR count). The van der Waals surface area contributed by atoms with Crippen molar-refractivity contribution < 1.29 is 9.53 Å².